The van der Waals surface area contributed by atoms with Gasteiger partial charge in [0, 0.05) is 0 Å². The largest absolute Gasteiger partial charge is 0.0654 e. The lowest BCUT2D eigenvalue weighted by Gasteiger charge is -2.25. The van der Waals surface area contributed by atoms with E-state index in [1.54, 1.807) is 0 Å². The summed E-state index contributed by atoms with van der Waals surface area (Å²) in [5.41, 5.74) is 0. The molecule has 0 aromatic heterocycles. The van der Waals surface area contributed by atoms with Crippen LogP contribution in [0.3, 0.4) is 0 Å². The van der Waals surface area contributed by atoms with Gasteiger partial charge in [-0.15, -0.1) is 0 Å². The number of rotatable bonds is 11. The van der Waals surface area contributed by atoms with Crippen LogP contribution in [0, 0.1) is 23.7 Å². The number of hydrogen-bond acceptors (Lipinski definition) is 0. The Bertz CT molecular complexity index is 171. The van der Waals surface area contributed by atoms with Gasteiger partial charge in [-0.3, -0.25) is 0 Å². The van der Waals surface area contributed by atoms with E-state index in [4.69, 9.17) is 0 Å². The van der Waals surface area contributed by atoms with E-state index < -0.39 is 0 Å². The molecule has 0 radical (unpaired) electrons. The third-order valence-electron chi connectivity index (χ3n) is 4.40. The van der Waals surface area contributed by atoms with Crippen LogP contribution in [0.15, 0.2) is 0 Å². The average molecular weight is 255 g/mol. The predicted octanol–water partition coefficient (Wildman–Crippen LogP) is 6.69. The molecule has 0 fully saturated rings. The molecule has 0 saturated heterocycles. The Morgan fingerprint density at radius 2 is 1.33 bits per heavy atom. The van der Waals surface area contributed by atoms with Gasteiger partial charge in [0.2, 0.25) is 0 Å². The number of unbranched alkanes of at least 4 members (excludes halogenated alkanes) is 1. The second-order valence-corrected chi connectivity index (χ2v) is 6.90. The smallest absolute Gasteiger partial charge is 0.0412 e. The topological polar surface area (TPSA) is 0 Å². The fourth-order valence-corrected chi connectivity index (χ4v) is 3.35. The molecule has 0 aliphatic heterocycles. The summed E-state index contributed by atoms with van der Waals surface area (Å²) in [5, 5.41) is 0. The lowest BCUT2D eigenvalue weighted by molar-refractivity contribution is 0.269. The van der Waals surface area contributed by atoms with E-state index in [9.17, 15) is 0 Å². The Morgan fingerprint density at radius 3 is 1.78 bits per heavy atom. The summed E-state index contributed by atoms with van der Waals surface area (Å²) in [4.78, 5) is 0. The summed E-state index contributed by atoms with van der Waals surface area (Å²) in [6.45, 7) is 14.2. The first-order chi connectivity index (χ1) is 8.53. The molecule has 0 saturated carbocycles. The Balaban J connectivity index is 4.06. The standard InChI is InChI=1S/C18H38/c1-7-10-11-17(8-2)14-18(9-3)13-16(6)12-15(4)5/h15-18H,7-14H2,1-6H3. The molecule has 0 bridgehead atoms. The maximum absolute atomic E-state index is 2.45. The van der Waals surface area contributed by atoms with Gasteiger partial charge in [0.1, 0.15) is 0 Å². The van der Waals surface area contributed by atoms with Gasteiger partial charge in [-0.1, -0.05) is 73.6 Å². The molecule has 0 rings (SSSR count). The van der Waals surface area contributed by atoms with Crippen LogP contribution in [-0.4, -0.2) is 0 Å². The van der Waals surface area contributed by atoms with E-state index in [-0.39, 0.29) is 0 Å². The second kappa shape index (κ2) is 10.9. The van der Waals surface area contributed by atoms with Crippen LogP contribution < -0.4 is 0 Å². The van der Waals surface area contributed by atoms with Crippen molar-refractivity contribution in [2.24, 2.45) is 23.7 Å². The number of hydrogen-bond donors (Lipinski definition) is 0. The highest BCUT2D eigenvalue weighted by Gasteiger charge is 2.17. The highest BCUT2D eigenvalue weighted by atomic mass is 14.2. The zero-order valence-corrected chi connectivity index (χ0v) is 14.0. The van der Waals surface area contributed by atoms with Gasteiger partial charge in [-0.25, -0.2) is 0 Å². The van der Waals surface area contributed by atoms with Crippen molar-refractivity contribution in [2.45, 2.75) is 92.9 Å². The Morgan fingerprint density at radius 1 is 0.722 bits per heavy atom. The van der Waals surface area contributed by atoms with Crippen LogP contribution in [0.4, 0.5) is 0 Å². The van der Waals surface area contributed by atoms with Crippen LogP contribution in [0.25, 0.3) is 0 Å². The molecular formula is C18H38. The lowest BCUT2D eigenvalue weighted by atomic mass is 9.81. The second-order valence-electron chi connectivity index (χ2n) is 6.90. The normalized spacial score (nSPS) is 16.8. The summed E-state index contributed by atoms with van der Waals surface area (Å²) in [5.74, 6) is 3.74. The van der Waals surface area contributed by atoms with Gasteiger partial charge < -0.3 is 0 Å². The van der Waals surface area contributed by atoms with E-state index >= 15 is 0 Å². The molecular weight excluding hydrogens is 216 g/mol. The molecule has 0 spiro atoms. The van der Waals surface area contributed by atoms with Crippen molar-refractivity contribution in [3.63, 3.8) is 0 Å². The molecule has 3 unspecified atom stereocenters. The van der Waals surface area contributed by atoms with Crippen molar-refractivity contribution in [3.8, 4) is 0 Å². The summed E-state index contributed by atoms with van der Waals surface area (Å²) < 4.78 is 0. The fraction of sp³-hybridized carbons (Fsp3) is 1.00. The van der Waals surface area contributed by atoms with Gasteiger partial charge >= 0.3 is 0 Å². The molecule has 0 heteroatoms. The molecule has 0 aromatic rings. The van der Waals surface area contributed by atoms with Gasteiger partial charge in [0.25, 0.3) is 0 Å². The zero-order valence-electron chi connectivity index (χ0n) is 14.0. The third kappa shape index (κ3) is 9.00. The molecule has 0 nitrogen and oxygen atoms in total. The third-order valence-corrected chi connectivity index (χ3v) is 4.40. The average Bonchev–Trinajstić information content (AvgIpc) is 2.31. The predicted molar refractivity (Wildman–Crippen MR) is 84.9 cm³/mol. The van der Waals surface area contributed by atoms with Gasteiger partial charge in [-0.2, -0.15) is 0 Å². The highest BCUT2D eigenvalue weighted by molar-refractivity contribution is 4.68. The van der Waals surface area contributed by atoms with E-state index in [0.29, 0.717) is 0 Å². The molecule has 18 heavy (non-hydrogen) atoms. The van der Waals surface area contributed by atoms with E-state index in [2.05, 4.69) is 41.5 Å². The van der Waals surface area contributed by atoms with Crippen molar-refractivity contribution in [1.29, 1.82) is 0 Å². The zero-order chi connectivity index (χ0) is 14.0. The van der Waals surface area contributed by atoms with Gasteiger partial charge in [0.15, 0.2) is 0 Å². The maximum atomic E-state index is 2.45. The van der Waals surface area contributed by atoms with Crippen molar-refractivity contribution >= 4 is 0 Å². The van der Waals surface area contributed by atoms with Crippen molar-refractivity contribution < 1.29 is 0 Å². The summed E-state index contributed by atoms with van der Waals surface area (Å²) in [6, 6.07) is 0. The molecule has 0 heterocycles. The van der Waals surface area contributed by atoms with Crippen molar-refractivity contribution in [1.82, 2.24) is 0 Å². The monoisotopic (exact) mass is 254 g/mol. The molecule has 0 amide bonds. The Hall–Kier alpha value is 0. The molecule has 3 atom stereocenters. The Labute approximate surface area is 117 Å². The SMILES string of the molecule is CCCCC(CC)CC(CC)CC(C)CC(C)C. The fourth-order valence-electron chi connectivity index (χ4n) is 3.35. The highest BCUT2D eigenvalue weighted by Crippen LogP contribution is 2.29. The van der Waals surface area contributed by atoms with Gasteiger partial charge in [-0.05, 0) is 42.9 Å². The van der Waals surface area contributed by atoms with Gasteiger partial charge in [0.05, 0.1) is 0 Å². The first kappa shape index (κ1) is 18.0. The minimum Gasteiger partial charge on any atom is -0.0654 e. The Kier molecular flexibility index (Phi) is 10.9. The molecule has 0 aliphatic carbocycles. The first-order valence-corrected chi connectivity index (χ1v) is 8.53. The molecule has 0 N–H and O–H groups in total. The van der Waals surface area contributed by atoms with E-state index in [1.165, 1.54) is 51.4 Å². The van der Waals surface area contributed by atoms with Crippen LogP contribution in [0.2, 0.25) is 0 Å². The van der Waals surface area contributed by atoms with Crippen LogP contribution in [0.1, 0.15) is 92.9 Å². The summed E-state index contributed by atoms with van der Waals surface area (Å²) in [6.07, 6.45) is 11.4. The van der Waals surface area contributed by atoms with E-state index in [1.807, 2.05) is 0 Å². The maximum Gasteiger partial charge on any atom is -0.0412 e. The van der Waals surface area contributed by atoms with Crippen LogP contribution in [0.5, 0.6) is 0 Å². The van der Waals surface area contributed by atoms with Crippen LogP contribution >= 0.6 is 0 Å². The van der Waals surface area contributed by atoms with E-state index in [0.717, 1.165) is 23.7 Å². The summed E-state index contributed by atoms with van der Waals surface area (Å²) >= 11 is 0. The van der Waals surface area contributed by atoms with Crippen molar-refractivity contribution in [2.75, 3.05) is 0 Å². The minimum absolute atomic E-state index is 0.861. The quantitative estimate of drug-likeness (QED) is 0.385. The molecule has 0 aliphatic rings. The first-order valence-electron chi connectivity index (χ1n) is 8.53. The molecule has 110 valence electrons. The van der Waals surface area contributed by atoms with Crippen molar-refractivity contribution in [3.05, 3.63) is 0 Å². The lowest BCUT2D eigenvalue weighted by Crippen LogP contribution is -2.12. The van der Waals surface area contributed by atoms with Crippen LogP contribution in [-0.2, 0) is 0 Å². The molecule has 0 aromatic carbocycles. The summed E-state index contributed by atoms with van der Waals surface area (Å²) in [7, 11) is 0. The minimum atomic E-state index is 0.861.